The Balaban J connectivity index is 1.69. The number of H-pyrrole nitrogens is 1. The molecule has 3 N–H and O–H groups in total. The fraction of sp³-hybridized carbons (Fsp3) is 0.0588. The maximum Gasteiger partial charge on any atom is 0.335 e. The standard InChI is InChI=1S/C17H15N3O3/c21-17(22)12-3-1-5-15(7-12)23-16-6-2-4-13(8-16)19-10-14-9-18-11-20-14/h1-9,11,19H,10H2,(H,18,20)(H,21,22). The number of carbonyl (C=O) groups is 1. The van der Waals surface area contributed by atoms with Crippen molar-refractivity contribution in [2.75, 3.05) is 5.32 Å². The molecule has 0 spiro atoms. The van der Waals surface area contributed by atoms with Gasteiger partial charge in [-0.2, -0.15) is 0 Å². The van der Waals surface area contributed by atoms with Gasteiger partial charge < -0.3 is 20.1 Å². The number of nitrogens with zero attached hydrogens (tertiary/aromatic N) is 1. The summed E-state index contributed by atoms with van der Waals surface area (Å²) in [5.41, 5.74) is 2.06. The van der Waals surface area contributed by atoms with Crippen molar-refractivity contribution in [1.29, 1.82) is 0 Å². The molecule has 0 saturated carbocycles. The SMILES string of the molecule is O=C(O)c1cccc(Oc2cccc(NCc3cnc[nH]3)c2)c1. The second kappa shape index (κ2) is 6.65. The third-order valence-electron chi connectivity index (χ3n) is 3.19. The largest absolute Gasteiger partial charge is 0.478 e. The third kappa shape index (κ3) is 3.88. The van der Waals surface area contributed by atoms with Crippen LogP contribution < -0.4 is 10.1 Å². The molecule has 3 aromatic rings. The summed E-state index contributed by atoms with van der Waals surface area (Å²) in [5, 5.41) is 12.3. The maximum atomic E-state index is 11.0. The number of imidazole rings is 1. The molecular weight excluding hydrogens is 294 g/mol. The quantitative estimate of drug-likeness (QED) is 0.648. The molecule has 0 bridgehead atoms. The molecule has 1 aromatic heterocycles. The van der Waals surface area contributed by atoms with Crippen LogP contribution >= 0.6 is 0 Å². The lowest BCUT2D eigenvalue weighted by Crippen LogP contribution is -1.99. The van der Waals surface area contributed by atoms with Gasteiger partial charge in [0.05, 0.1) is 24.1 Å². The van der Waals surface area contributed by atoms with Crippen LogP contribution in [0.25, 0.3) is 0 Å². The molecule has 0 aliphatic carbocycles. The highest BCUT2D eigenvalue weighted by atomic mass is 16.5. The van der Waals surface area contributed by atoms with Crippen LogP contribution in [0.15, 0.2) is 61.1 Å². The van der Waals surface area contributed by atoms with Crippen molar-refractivity contribution in [2.24, 2.45) is 0 Å². The predicted octanol–water partition coefficient (Wildman–Crippen LogP) is 3.51. The van der Waals surface area contributed by atoms with Gasteiger partial charge in [0.25, 0.3) is 0 Å². The van der Waals surface area contributed by atoms with Crippen molar-refractivity contribution >= 4 is 11.7 Å². The van der Waals surface area contributed by atoms with Gasteiger partial charge in [-0.1, -0.05) is 12.1 Å². The summed E-state index contributed by atoms with van der Waals surface area (Å²) < 4.78 is 5.72. The van der Waals surface area contributed by atoms with Crippen molar-refractivity contribution in [1.82, 2.24) is 9.97 Å². The minimum absolute atomic E-state index is 0.191. The lowest BCUT2D eigenvalue weighted by molar-refractivity contribution is 0.0696. The number of anilines is 1. The number of benzene rings is 2. The van der Waals surface area contributed by atoms with E-state index in [0.717, 1.165) is 11.4 Å². The number of nitrogens with one attached hydrogen (secondary N) is 2. The van der Waals surface area contributed by atoms with Gasteiger partial charge in [-0.05, 0) is 30.3 Å². The van der Waals surface area contributed by atoms with Crippen molar-refractivity contribution in [3.05, 3.63) is 72.3 Å². The topological polar surface area (TPSA) is 87.2 Å². The normalized spacial score (nSPS) is 10.3. The van der Waals surface area contributed by atoms with Crippen molar-refractivity contribution in [3.8, 4) is 11.5 Å². The number of rotatable bonds is 6. The Bertz CT molecular complexity index is 800. The number of hydrogen-bond donors (Lipinski definition) is 3. The molecule has 0 aliphatic heterocycles. The molecule has 0 radical (unpaired) electrons. The Labute approximate surface area is 132 Å². The van der Waals surface area contributed by atoms with Crippen LogP contribution in [0.3, 0.4) is 0 Å². The number of carboxylic acid groups (broad SMARTS) is 1. The van der Waals surface area contributed by atoms with Crippen LogP contribution in [0.5, 0.6) is 11.5 Å². The van der Waals surface area contributed by atoms with Gasteiger partial charge in [0.15, 0.2) is 0 Å². The molecule has 6 nitrogen and oxygen atoms in total. The summed E-state index contributed by atoms with van der Waals surface area (Å²) in [6, 6.07) is 13.8. The minimum atomic E-state index is -0.981. The molecule has 116 valence electrons. The number of aromatic carboxylic acids is 1. The second-order valence-corrected chi connectivity index (χ2v) is 4.89. The maximum absolute atomic E-state index is 11.0. The number of ether oxygens (including phenoxy) is 1. The monoisotopic (exact) mass is 309 g/mol. The van der Waals surface area contributed by atoms with E-state index in [1.807, 2.05) is 24.3 Å². The first kappa shape index (κ1) is 14.6. The highest BCUT2D eigenvalue weighted by Gasteiger charge is 2.05. The van der Waals surface area contributed by atoms with E-state index in [1.165, 1.54) is 12.1 Å². The van der Waals surface area contributed by atoms with Gasteiger partial charge in [-0.3, -0.25) is 0 Å². The molecule has 0 fully saturated rings. The molecule has 0 unspecified atom stereocenters. The van der Waals surface area contributed by atoms with E-state index in [2.05, 4.69) is 15.3 Å². The summed E-state index contributed by atoms with van der Waals surface area (Å²) in [6.07, 6.45) is 3.39. The summed E-state index contributed by atoms with van der Waals surface area (Å²) in [5.74, 6) is 0.128. The third-order valence-corrected chi connectivity index (χ3v) is 3.19. The molecule has 23 heavy (non-hydrogen) atoms. The van der Waals surface area contributed by atoms with Crippen LogP contribution in [0.2, 0.25) is 0 Å². The molecule has 3 rings (SSSR count). The first-order valence-electron chi connectivity index (χ1n) is 7.03. The van der Waals surface area contributed by atoms with E-state index in [-0.39, 0.29) is 5.56 Å². The molecule has 2 aromatic carbocycles. The lowest BCUT2D eigenvalue weighted by Gasteiger charge is -2.09. The average molecular weight is 309 g/mol. The van der Waals surface area contributed by atoms with Crippen LogP contribution in [0, 0.1) is 0 Å². The van der Waals surface area contributed by atoms with E-state index in [1.54, 1.807) is 24.7 Å². The zero-order valence-corrected chi connectivity index (χ0v) is 12.2. The number of aromatic amines is 1. The van der Waals surface area contributed by atoms with Gasteiger partial charge in [-0.25, -0.2) is 9.78 Å². The summed E-state index contributed by atoms with van der Waals surface area (Å²) in [6.45, 7) is 0.623. The number of carboxylic acids is 1. The first-order valence-corrected chi connectivity index (χ1v) is 7.03. The molecule has 0 aliphatic rings. The second-order valence-electron chi connectivity index (χ2n) is 4.89. The predicted molar refractivity (Wildman–Crippen MR) is 85.8 cm³/mol. The molecule has 0 amide bonds. The molecular formula is C17H15N3O3. The van der Waals surface area contributed by atoms with E-state index in [0.29, 0.717) is 18.0 Å². The van der Waals surface area contributed by atoms with Gasteiger partial charge >= 0.3 is 5.97 Å². The zero-order valence-electron chi connectivity index (χ0n) is 12.2. The average Bonchev–Trinajstić information content (AvgIpc) is 3.07. The Kier molecular flexibility index (Phi) is 4.24. The number of aromatic nitrogens is 2. The van der Waals surface area contributed by atoms with Gasteiger partial charge in [-0.15, -0.1) is 0 Å². The van der Waals surface area contributed by atoms with Crippen LogP contribution in [-0.4, -0.2) is 21.0 Å². The highest BCUT2D eigenvalue weighted by Crippen LogP contribution is 2.25. The Hall–Kier alpha value is -3.28. The van der Waals surface area contributed by atoms with E-state index >= 15 is 0 Å². The van der Waals surface area contributed by atoms with E-state index < -0.39 is 5.97 Å². The Morgan fingerprint density at radius 3 is 2.70 bits per heavy atom. The van der Waals surface area contributed by atoms with Gasteiger partial charge in [0.2, 0.25) is 0 Å². The summed E-state index contributed by atoms with van der Waals surface area (Å²) >= 11 is 0. The summed E-state index contributed by atoms with van der Waals surface area (Å²) in [7, 11) is 0. The van der Waals surface area contributed by atoms with E-state index in [9.17, 15) is 4.79 Å². The fourth-order valence-corrected chi connectivity index (χ4v) is 2.08. The Morgan fingerprint density at radius 2 is 1.96 bits per heavy atom. The summed E-state index contributed by atoms with van der Waals surface area (Å²) in [4.78, 5) is 18.0. The Morgan fingerprint density at radius 1 is 1.17 bits per heavy atom. The van der Waals surface area contributed by atoms with Crippen LogP contribution in [0.4, 0.5) is 5.69 Å². The van der Waals surface area contributed by atoms with Crippen molar-refractivity contribution < 1.29 is 14.6 Å². The van der Waals surface area contributed by atoms with Gasteiger partial charge in [0, 0.05) is 18.0 Å². The number of hydrogen-bond acceptors (Lipinski definition) is 4. The lowest BCUT2D eigenvalue weighted by atomic mass is 10.2. The molecule has 0 saturated heterocycles. The van der Waals surface area contributed by atoms with Crippen LogP contribution in [0.1, 0.15) is 16.1 Å². The van der Waals surface area contributed by atoms with E-state index in [4.69, 9.17) is 9.84 Å². The smallest absolute Gasteiger partial charge is 0.335 e. The fourth-order valence-electron chi connectivity index (χ4n) is 2.08. The van der Waals surface area contributed by atoms with Gasteiger partial charge in [0.1, 0.15) is 11.5 Å². The molecule has 6 heteroatoms. The highest BCUT2D eigenvalue weighted by molar-refractivity contribution is 5.88. The minimum Gasteiger partial charge on any atom is -0.478 e. The van der Waals surface area contributed by atoms with Crippen molar-refractivity contribution in [2.45, 2.75) is 6.54 Å². The molecule has 0 atom stereocenters. The van der Waals surface area contributed by atoms with Crippen LogP contribution in [-0.2, 0) is 6.54 Å². The molecule has 1 heterocycles. The van der Waals surface area contributed by atoms with Crippen molar-refractivity contribution in [3.63, 3.8) is 0 Å². The first-order chi connectivity index (χ1) is 11.2. The zero-order chi connectivity index (χ0) is 16.1.